The van der Waals surface area contributed by atoms with Crippen molar-refractivity contribution in [2.24, 2.45) is 0 Å². The van der Waals surface area contributed by atoms with Gasteiger partial charge < -0.3 is 24.9 Å². The first-order chi connectivity index (χ1) is 15.5. The number of methoxy groups -OCH3 is 1. The van der Waals surface area contributed by atoms with E-state index in [0.717, 1.165) is 39.4 Å². The number of nitrogens with zero attached hydrogens (tertiary/aromatic N) is 2. The van der Waals surface area contributed by atoms with Crippen LogP contribution in [-0.4, -0.2) is 34.8 Å². The molecule has 0 saturated heterocycles. The topological polar surface area (TPSA) is 105 Å². The summed E-state index contributed by atoms with van der Waals surface area (Å²) in [5, 5.41) is 9.96. The lowest BCUT2D eigenvalue weighted by Crippen LogP contribution is -2.40. The van der Waals surface area contributed by atoms with Crippen LogP contribution in [0.1, 0.15) is 34.4 Å². The second kappa shape index (κ2) is 9.55. The number of carbonyl (C=O) groups excluding carboxylic acids is 1. The average molecular weight is 434 g/mol. The number of benzene rings is 2. The summed E-state index contributed by atoms with van der Waals surface area (Å²) in [5.74, 6) is 2.28. The molecule has 0 aliphatic heterocycles. The number of amides is 2. The van der Waals surface area contributed by atoms with Crippen LogP contribution < -0.4 is 15.4 Å². The van der Waals surface area contributed by atoms with E-state index in [9.17, 15) is 4.79 Å². The summed E-state index contributed by atoms with van der Waals surface area (Å²) in [6.07, 6.45) is 1.24. The highest BCUT2D eigenvalue weighted by atomic mass is 16.5. The van der Waals surface area contributed by atoms with Crippen molar-refractivity contribution in [2.45, 2.75) is 32.7 Å². The third kappa shape index (κ3) is 4.91. The van der Waals surface area contributed by atoms with E-state index in [2.05, 4.69) is 20.8 Å². The maximum Gasteiger partial charge on any atom is 0.315 e. The Morgan fingerprint density at radius 1 is 1.16 bits per heavy atom. The minimum absolute atomic E-state index is 0.254. The molecule has 1 unspecified atom stereocenters. The summed E-state index contributed by atoms with van der Waals surface area (Å²) in [5.41, 5.74) is 4.74. The number of rotatable bonds is 8. The molecule has 0 radical (unpaired) electrons. The minimum Gasteiger partial charge on any atom is -0.497 e. The number of urea groups is 1. The van der Waals surface area contributed by atoms with Gasteiger partial charge in [-0.2, -0.15) is 0 Å². The molecule has 0 aliphatic rings. The van der Waals surface area contributed by atoms with Crippen LogP contribution in [0.15, 0.2) is 53.1 Å². The normalized spacial score (nSPS) is 12.0. The van der Waals surface area contributed by atoms with E-state index in [1.807, 2.05) is 62.4 Å². The van der Waals surface area contributed by atoms with Gasteiger partial charge >= 0.3 is 6.03 Å². The summed E-state index contributed by atoms with van der Waals surface area (Å²) < 4.78 is 10.4. The van der Waals surface area contributed by atoms with Crippen molar-refractivity contribution in [3.05, 3.63) is 76.9 Å². The summed E-state index contributed by atoms with van der Waals surface area (Å²) in [6.45, 7) is 4.25. The van der Waals surface area contributed by atoms with Gasteiger partial charge in [0.25, 0.3) is 0 Å². The number of aromatic amines is 1. The molecule has 2 heterocycles. The van der Waals surface area contributed by atoms with E-state index in [0.29, 0.717) is 25.2 Å². The molecule has 4 aromatic rings. The van der Waals surface area contributed by atoms with E-state index in [-0.39, 0.29) is 12.1 Å². The number of nitrogens with one attached hydrogen (secondary N) is 3. The fourth-order valence-electron chi connectivity index (χ4n) is 3.72. The predicted octanol–water partition coefficient (Wildman–Crippen LogP) is 4.00. The second-order valence-corrected chi connectivity index (χ2v) is 7.70. The van der Waals surface area contributed by atoms with Crippen molar-refractivity contribution in [3.8, 4) is 5.75 Å². The van der Waals surface area contributed by atoms with Crippen LogP contribution in [0.25, 0.3) is 11.0 Å². The van der Waals surface area contributed by atoms with Crippen molar-refractivity contribution >= 4 is 17.1 Å². The standard InChI is InChI=1S/C24H27N5O3/c1-15-19(16(2)32-29-15)12-13-25-24(30)28-22(14-17-8-10-18(31-3)11-9-17)23-26-20-6-4-5-7-21(20)27-23/h4-11,22H,12-14H2,1-3H3,(H,26,27)(H2,25,28,30). The molecular formula is C24H27N5O3. The van der Waals surface area contributed by atoms with Crippen molar-refractivity contribution in [3.63, 3.8) is 0 Å². The maximum atomic E-state index is 12.7. The van der Waals surface area contributed by atoms with E-state index < -0.39 is 0 Å². The second-order valence-electron chi connectivity index (χ2n) is 7.70. The number of aryl methyl sites for hydroxylation is 2. The Morgan fingerprint density at radius 2 is 1.94 bits per heavy atom. The maximum absolute atomic E-state index is 12.7. The summed E-state index contributed by atoms with van der Waals surface area (Å²) in [4.78, 5) is 20.7. The Labute approximate surface area is 186 Å². The zero-order chi connectivity index (χ0) is 22.5. The number of H-pyrrole nitrogens is 1. The van der Waals surface area contributed by atoms with Gasteiger partial charge in [0.1, 0.15) is 17.3 Å². The number of fused-ring (bicyclic) bond motifs is 1. The molecule has 0 saturated carbocycles. The molecule has 0 aliphatic carbocycles. The van der Waals surface area contributed by atoms with Gasteiger partial charge in [0, 0.05) is 12.1 Å². The quantitative estimate of drug-likeness (QED) is 0.390. The van der Waals surface area contributed by atoms with Gasteiger partial charge in [-0.1, -0.05) is 29.4 Å². The molecule has 1 atom stereocenters. The van der Waals surface area contributed by atoms with Crippen LogP contribution in [0.2, 0.25) is 0 Å². The third-order valence-corrected chi connectivity index (χ3v) is 5.48. The molecule has 0 bridgehead atoms. The third-order valence-electron chi connectivity index (χ3n) is 5.48. The first-order valence-corrected chi connectivity index (χ1v) is 10.6. The number of hydrogen-bond acceptors (Lipinski definition) is 5. The van der Waals surface area contributed by atoms with E-state index >= 15 is 0 Å². The van der Waals surface area contributed by atoms with Crippen molar-refractivity contribution in [1.82, 2.24) is 25.8 Å². The molecule has 0 fully saturated rings. The van der Waals surface area contributed by atoms with Gasteiger partial charge in [0.05, 0.1) is 29.9 Å². The van der Waals surface area contributed by atoms with Crippen molar-refractivity contribution in [1.29, 1.82) is 0 Å². The highest BCUT2D eigenvalue weighted by Crippen LogP contribution is 2.21. The monoisotopic (exact) mass is 433 g/mol. The van der Waals surface area contributed by atoms with E-state index in [4.69, 9.17) is 14.2 Å². The van der Waals surface area contributed by atoms with Crippen LogP contribution in [0.4, 0.5) is 4.79 Å². The number of para-hydroxylation sites is 2. The molecule has 2 aromatic carbocycles. The Balaban J connectivity index is 1.47. The van der Waals surface area contributed by atoms with Gasteiger partial charge in [-0.15, -0.1) is 0 Å². The molecule has 0 spiro atoms. The molecule has 8 heteroatoms. The van der Waals surface area contributed by atoms with Crippen LogP contribution >= 0.6 is 0 Å². The smallest absolute Gasteiger partial charge is 0.315 e. The lowest BCUT2D eigenvalue weighted by atomic mass is 10.1. The Kier molecular flexibility index (Phi) is 6.39. The molecule has 2 amide bonds. The molecule has 166 valence electrons. The van der Waals surface area contributed by atoms with E-state index in [1.54, 1.807) is 7.11 Å². The van der Waals surface area contributed by atoms with Crippen LogP contribution in [0, 0.1) is 13.8 Å². The van der Waals surface area contributed by atoms with Gasteiger partial charge in [-0.3, -0.25) is 0 Å². The van der Waals surface area contributed by atoms with Crippen molar-refractivity contribution < 1.29 is 14.1 Å². The van der Waals surface area contributed by atoms with Gasteiger partial charge in [0.15, 0.2) is 0 Å². The fourth-order valence-corrected chi connectivity index (χ4v) is 3.72. The largest absolute Gasteiger partial charge is 0.497 e. The molecule has 32 heavy (non-hydrogen) atoms. The lowest BCUT2D eigenvalue weighted by molar-refractivity contribution is 0.236. The summed E-state index contributed by atoms with van der Waals surface area (Å²) in [6, 6.07) is 15.0. The van der Waals surface area contributed by atoms with Crippen molar-refractivity contribution in [2.75, 3.05) is 13.7 Å². The van der Waals surface area contributed by atoms with Gasteiger partial charge in [-0.25, -0.2) is 9.78 Å². The molecular weight excluding hydrogens is 406 g/mol. The Morgan fingerprint density at radius 3 is 2.62 bits per heavy atom. The first kappa shape index (κ1) is 21.4. The number of imidazole rings is 1. The summed E-state index contributed by atoms with van der Waals surface area (Å²) in [7, 11) is 1.64. The number of aromatic nitrogens is 3. The molecule has 3 N–H and O–H groups in total. The number of hydrogen-bond donors (Lipinski definition) is 3. The Bertz CT molecular complexity index is 1140. The van der Waals surface area contributed by atoms with Gasteiger partial charge in [0.2, 0.25) is 0 Å². The zero-order valence-corrected chi connectivity index (χ0v) is 18.4. The fraction of sp³-hybridized carbons (Fsp3) is 0.292. The summed E-state index contributed by atoms with van der Waals surface area (Å²) >= 11 is 0. The molecule has 8 nitrogen and oxygen atoms in total. The van der Waals surface area contributed by atoms with E-state index in [1.165, 1.54) is 0 Å². The highest BCUT2D eigenvalue weighted by molar-refractivity contribution is 5.76. The molecule has 2 aromatic heterocycles. The number of carbonyl (C=O) groups is 1. The SMILES string of the molecule is COc1ccc(CC(NC(=O)NCCc2c(C)noc2C)c2nc3ccccc3[nH]2)cc1. The highest BCUT2D eigenvalue weighted by Gasteiger charge is 2.19. The minimum atomic E-state index is -0.324. The van der Waals surface area contributed by atoms with Gasteiger partial charge in [-0.05, 0) is 56.5 Å². The van der Waals surface area contributed by atoms with Crippen LogP contribution in [0.5, 0.6) is 5.75 Å². The first-order valence-electron chi connectivity index (χ1n) is 10.6. The zero-order valence-electron chi connectivity index (χ0n) is 18.4. The molecule has 4 rings (SSSR count). The average Bonchev–Trinajstić information content (AvgIpc) is 3.37. The number of ether oxygens (including phenoxy) is 1. The van der Waals surface area contributed by atoms with Crippen LogP contribution in [0.3, 0.4) is 0 Å². The Hall–Kier alpha value is -3.81. The lowest BCUT2D eigenvalue weighted by Gasteiger charge is -2.18. The van der Waals surface area contributed by atoms with Crippen LogP contribution in [-0.2, 0) is 12.8 Å². The predicted molar refractivity (Wildman–Crippen MR) is 122 cm³/mol.